The number of guanidine groups is 1. The van der Waals surface area contributed by atoms with Crippen molar-refractivity contribution in [3.63, 3.8) is 0 Å². The van der Waals surface area contributed by atoms with E-state index in [1.165, 1.54) is 64.5 Å². The average molecular weight is 518 g/mol. The van der Waals surface area contributed by atoms with E-state index in [0.717, 1.165) is 12.5 Å². The van der Waals surface area contributed by atoms with Gasteiger partial charge in [-0.25, -0.2) is 0 Å². The third-order valence-electron chi connectivity index (χ3n) is 6.14. The minimum absolute atomic E-state index is 0. The van der Waals surface area contributed by atoms with Crippen LogP contribution >= 0.6 is 24.0 Å². The Morgan fingerprint density at radius 2 is 1.72 bits per heavy atom. The van der Waals surface area contributed by atoms with Crippen molar-refractivity contribution in [2.75, 3.05) is 26.7 Å². The number of halogens is 1. The van der Waals surface area contributed by atoms with E-state index in [2.05, 4.69) is 51.4 Å². The number of hydrogen-bond acceptors (Lipinski definition) is 5. The fraction of sp³-hybridized carbons (Fsp3) is 0.857. The summed E-state index contributed by atoms with van der Waals surface area (Å²) < 4.78 is 5.38. The number of likely N-dealkylation sites (tertiary alicyclic amines) is 1. The predicted molar refractivity (Wildman–Crippen MR) is 128 cm³/mol. The number of hydrogen-bond donors (Lipinski definition) is 2. The Labute approximate surface area is 192 Å². The van der Waals surface area contributed by atoms with Crippen molar-refractivity contribution in [3.05, 3.63) is 11.7 Å². The highest BCUT2D eigenvalue weighted by Crippen LogP contribution is 2.35. The van der Waals surface area contributed by atoms with Gasteiger partial charge >= 0.3 is 0 Å². The van der Waals surface area contributed by atoms with Crippen molar-refractivity contribution in [2.45, 2.75) is 89.6 Å². The van der Waals surface area contributed by atoms with Crippen LogP contribution in [0.1, 0.15) is 83.9 Å². The first-order valence-corrected chi connectivity index (χ1v) is 11.0. The summed E-state index contributed by atoms with van der Waals surface area (Å²) in [7, 11) is 1.82. The predicted octanol–water partition coefficient (Wildman–Crippen LogP) is 3.84. The highest BCUT2D eigenvalue weighted by atomic mass is 127. The first kappa shape index (κ1) is 24.4. The van der Waals surface area contributed by atoms with Gasteiger partial charge in [0.2, 0.25) is 5.89 Å². The summed E-state index contributed by atoms with van der Waals surface area (Å²) in [4.78, 5) is 11.7. The monoisotopic (exact) mass is 518 g/mol. The molecule has 1 aliphatic carbocycles. The molecule has 0 radical (unpaired) electrons. The summed E-state index contributed by atoms with van der Waals surface area (Å²) in [6.45, 7) is 10.2. The van der Waals surface area contributed by atoms with Crippen LogP contribution in [0.25, 0.3) is 0 Å². The number of piperidine rings is 1. The molecule has 2 heterocycles. The number of aromatic nitrogens is 2. The molecule has 0 unspecified atom stereocenters. The van der Waals surface area contributed by atoms with E-state index in [1.807, 2.05) is 7.05 Å². The summed E-state index contributed by atoms with van der Waals surface area (Å²) >= 11 is 0. The van der Waals surface area contributed by atoms with Crippen LogP contribution in [0.15, 0.2) is 9.52 Å². The van der Waals surface area contributed by atoms with Gasteiger partial charge in [0.25, 0.3) is 0 Å². The Balaban J connectivity index is 0.00000300. The second kappa shape index (κ2) is 10.9. The van der Waals surface area contributed by atoms with Crippen LogP contribution in [-0.2, 0) is 12.0 Å². The number of aliphatic imine (C=N–C) groups is 1. The Bertz CT molecular complexity index is 642. The van der Waals surface area contributed by atoms with Crippen LogP contribution in [0, 0.1) is 0 Å². The zero-order chi connectivity index (χ0) is 20.0. The lowest BCUT2D eigenvalue weighted by molar-refractivity contribution is 0.0368. The average Bonchev–Trinajstić information content (AvgIpc) is 3.19. The lowest BCUT2D eigenvalue weighted by atomic mass is 9.79. The largest absolute Gasteiger partial charge is 0.355 e. The summed E-state index contributed by atoms with van der Waals surface area (Å²) in [5.41, 5.74) is 0.148. The van der Waals surface area contributed by atoms with E-state index in [4.69, 9.17) is 4.52 Å². The van der Waals surface area contributed by atoms with Gasteiger partial charge in [-0.2, -0.15) is 4.98 Å². The molecule has 1 aliphatic heterocycles. The SMILES string of the molecule is CN=C(NCc1noc(C(C)(C)C)n1)NCC1(N2CCCCC2)CCCCC1.I. The molecule has 8 heteroatoms. The Hall–Kier alpha value is -0.900. The smallest absolute Gasteiger partial charge is 0.232 e. The van der Waals surface area contributed by atoms with E-state index in [0.29, 0.717) is 18.3 Å². The van der Waals surface area contributed by atoms with Gasteiger partial charge in [0.1, 0.15) is 0 Å². The summed E-state index contributed by atoms with van der Waals surface area (Å²) in [6, 6.07) is 0. The van der Waals surface area contributed by atoms with Crippen molar-refractivity contribution in [1.29, 1.82) is 0 Å². The minimum atomic E-state index is -0.132. The Kier molecular flexibility index (Phi) is 9.18. The highest BCUT2D eigenvalue weighted by molar-refractivity contribution is 14.0. The van der Waals surface area contributed by atoms with Gasteiger partial charge in [0, 0.05) is 24.5 Å². The van der Waals surface area contributed by atoms with Crippen molar-refractivity contribution >= 4 is 29.9 Å². The van der Waals surface area contributed by atoms with Crippen LogP contribution in [-0.4, -0.2) is 53.2 Å². The van der Waals surface area contributed by atoms with Crippen LogP contribution in [0.3, 0.4) is 0 Å². The van der Waals surface area contributed by atoms with E-state index >= 15 is 0 Å². The zero-order valence-corrected chi connectivity index (χ0v) is 20.9. The first-order valence-electron chi connectivity index (χ1n) is 11.0. The lowest BCUT2D eigenvalue weighted by Gasteiger charge is -2.48. The molecule has 29 heavy (non-hydrogen) atoms. The molecule has 0 spiro atoms. The van der Waals surface area contributed by atoms with Gasteiger partial charge < -0.3 is 15.2 Å². The fourth-order valence-electron chi connectivity index (χ4n) is 4.44. The van der Waals surface area contributed by atoms with Gasteiger partial charge in [-0.15, -0.1) is 24.0 Å². The van der Waals surface area contributed by atoms with Gasteiger partial charge in [-0.05, 0) is 38.8 Å². The quantitative estimate of drug-likeness (QED) is 0.351. The number of nitrogens with zero attached hydrogens (tertiary/aromatic N) is 4. The standard InChI is InChI=1S/C21H38N6O.HI/c1-20(2,3)18-25-17(26-28-18)15-23-19(22-4)24-16-21(11-7-5-8-12-21)27-13-9-6-10-14-27;/h5-16H2,1-4H3,(H2,22,23,24);1H. The zero-order valence-electron chi connectivity index (χ0n) is 18.6. The third-order valence-corrected chi connectivity index (χ3v) is 6.14. The summed E-state index contributed by atoms with van der Waals surface area (Å²) in [6.07, 6.45) is 10.7. The molecule has 7 nitrogen and oxygen atoms in total. The Morgan fingerprint density at radius 3 is 2.31 bits per heavy atom. The van der Waals surface area contributed by atoms with Crippen molar-refractivity contribution in [3.8, 4) is 0 Å². The fourth-order valence-corrected chi connectivity index (χ4v) is 4.44. The van der Waals surface area contributed by atoms with Crippen molar-refractivity contribution < 1.29 is 4.52 Å². The Morgan fingerprint density at radius 1 is 1.07 bits per heavy atom. The lowest BCUT2D eigenvalue weighted by Crippen LogP contribution is -2.59. The molecule has 1 saturated carbocycles. The molecule has 1 aromatic rings. The molecular formula is C21H39IN6O. The van der Waals surface area contributed by atoms with Gasteiger partial charge in [-0.3, -0.25) is 9.89 Å². The van der Waals surface area contributed by atoms with Crippen LogP contribution in [0.4, 0.5) is 0 Å². The molecule has 166 valence electrons. The van der Waals surface area contributed by atoms with E-state index in [-0.39, 0.29) is 34.9 Å². The molecule has 0 bridgehead atoms. The van der Waals surface area contributed by atoms with Crippen LogP contribution < -0.4 is 10.6 Å². The van der Waals surface area contributed by atoms with Crippen molar-refractivity contribution in [1.82, 2.24) is 25.7 Å². The van der Waals surface area contributed by atoms with Gasteiger partial charge in [0.15, 0.2) is 11.8 Å². The van der Waals surface area contributed by atoms with E-state index in [1.54, 1.807) is 0 Å². The maximum atomic E-state index is 5.38. The molecule has 3 rings (SSSR count). The van der Waals surface area contributed by atoms with E-state index < -0.39 is 0 Å². The van der Waals surface area contributed by atoms with Crippen molar-refractivity contribution in [2.24, 2.45) is 4.99 Å². The summed E-state index contributed by atoms with van der Waals surface area (Å²) in [5, 5.41) is 11.0. The molecule has 2 aliphatic rings. The van der Waals surface area contributed by atoms with Gasteiger partial charge in [0.05, 0.1) is 6.54 Å². The molecule has 2 N–H and O–H groups in total. The molecule has 0 amide bonds. The molecule has 0 aromatic carbocycles. The van der Waals surface area contributed by atoms with E-state index in [9.17, 15) is 0 Å². The normalized spacial score (nSPS) is 20.8. The number of rotatable bonds is 5. The molecule has 2 fully saturated rings. The second-order valence-electron chi connectivity index (χ2n) is 9.38. The third kappa shape index (κ3) is 6.54. The maximum Gasteiger partial charge on any atom is 0.232 e. The minimum Gasteiger partial charge on any atom is -0.355 e. The van der Waals surface area contributed by atoms with Crippen LogP contribution in [0.2, 0.25) is 0 Å². The maximum absolute atomic E-state index is 5.38. The van der Waals surface area contributed by atoms with Gasteiger partial charge in [-0.1, -0.05) is 51.6 Å². The summed E-state index contributed by atoms with van der Waals surface area (Å²) in [5.74, 6) is 2.14. The first-order chi connectivity index (χ1) is 13.4. The topological polar surface area (TPSA) is 78.6 Å². The molecule has 1 aromatic heterocycles. The number of nitrogens with one attached hydrogen (secondary N) is 2. The van der Waals surface area contributed by atoms with Crippen LogP contribution in [0.5, 0.6) is 0 Å². The highest BCUT2D eigenvalue weighted by Gasteiger charge is 2.38. The molecular weight excluding hydrogens is 479 g/mol. The molecule has 0 atom stereocenters. The second-order valence-corrected chi connectivity index (χ2v) is 9.38. The molecule has 1 saturated heterocycles.